The zero-order chi connectivity index (χ0) is 16.3. The first-order chi connectivity index (χ1) is 10.3. The molecule has 0 atom stereocenters. The molecule has 0 bridgehead atoms. The van der Waals surface area contributed by atoms with Gasteiger partial charge in [-0.15, -0.1) is 11.3 Å². The molecule has 0 fully saturated rings. The summed E-state index contributed by atoms with van der Waals surface area (Å²) >= 11 is 1.34. The van der Waals surface area contributed by atoms with Gasteiger partial charge in [0, 0.05) is 17.1 Å². The maximum Gasteiger partial charge on any atom is 0.273 e. The highest BCUT2D eigenvalue weighted by atomic mass is 32.2. The molecule has 0 aliphatic heterocycles. The monoisotopic (exact) mass is 343 g/mol. The Hall–Kier alpha value is -2.04. The molecule has 1 heterocycles. The van der Waals surface area contributed by atoms with Crippen molar-refractivity contribution in [3.63, 3.8) is 0 Å². The molecule has 0 aliphatic carbocycles. The summed E-state index contributed by atoms with van der Waals surface area (Å²) in [5.41, 5.74) is 0.568. The maximum absolute atomic E-state index is 12.3. The van der Waals surface area contributed by atoms with E-state index in [0.717, 1.165) is 23.9 Å². The summed E-state index contributed by atoms with van der Waals surface area (Å²) in [6.07, 6.45) is 0. The number of aromatic nitrogens is 1. The van der Waals surface area contributed by atoms with E-state index in [9.17, 15) is 18.5 Å². The molecular weight excluding hydrogens is 330 g/mol. The highest BCUT2D eigenvalue weighted by Crippen LogP contribution is 2.28. The number of ether oxygens (including phenoxy) is 1. The van der Waals surface area contributed by atoms with Crippen LogP contribution in [-0.4, -0.2) is 25.4 Å². The molecular formula is C12H13N3O5S2. The molecule has 1 aromatic carbocycles. The van der Waals surface area contributed by atoms with E-state index in [-0.39, 0.29) is 22.9 Å². The first kappa shape index (κ1) is 16.3. The molecule has 22 heavy (non-hydrogen) atoms. The average molecular weight is 343 g/mol. The molecule has 2 aromatic rings. The Morgan fingerprint density at radius 1 is 1.45 bits per heavy atom. The molecule has 118 valence electrons. The number of aryl methyl sites for hydroxylation is 1. The van der Waals surface area contributed by atoms with Gasteiger partial charge in [-0.2, -0.15) is 0 Å². The van der Waals surface area contributed by atoms with Crippen LogP contribution < -0.4 is 9.46 Å². The van der Waals surface area contributed by atoms with Gasteiger partial charge in [-0.05, 0) is 13.0 Å². The maximum atomic E-state index is 12.3. The van der Waals surface area contributed by atoms with Crippen LogP contribution in [0.2, 0.25) is 0 Å². The second-order valence-electron chi connectivity index (χ2n) is 4.30. The molecule has 0 aliphatic rings. The fourth-order valence-electron chi connectivity index (χ4n) is 1.71. The predicted octanol–water partition coefficient (Wildman–Crippen LogP) is 1.85. The van der Waals surface area contributed by atoms with Gasteiger partial charge in [0.05, 0.1) is 24.6 Å². The minimum atomic E-state index is -3.87. The van der Waals surface area contributed by atoms with Crippen LogP contribution in [0.3, 0.4) is 0 Å². The topological polar surface area (TPSA) is 111 Å². The second kappa shape index (κ2) is 6.38. The number of hydrogen-bond donors (Lipinski definition) is 1. The van der Waals surface area contributed by atoms with Crippen LogP contribution in [0.4, 0.5) is 5.69 Å². The number of nitro groups is 1. The molecule has 0 unspecified atom stereocenters. The van der Waals surface area contributed by atoms with Crippen molar-refractivity contribution in [2.45, 2.75) is 18.4 Å². The smallest absolute Gasteiger partial charge is 0.273 e. The number of methoxy groups -OCH3 is 1. The standard InChI is InChI=1S/C12H13N3O5S2/c1-8-7-21-12(14-8)6-13-22(18,19)11-4-3-9(15(16)17)5-10(11)20-2/h3-5,7,13H,6H2,1-2H3. The van der Waals surface area contributed by atoms with Crippen molar-refractivity contribution in [2.75, 3.05) is 7.11 Å². The van der Waals surface area contributed by atoms with Crippen molar-refractivity contribution >= 4 is 27.0 Å². The fraction of sp³-hybridized carbons (Fsp3) is 0.250. The number of rotatable bonds is 6. The van der Waals surface area contributed by atoms with Crippen molar-refractivity contribution in [2.24, 2.45) is 0 Å². The number of nitro benzene ring substituents is 1. The average Bonchev–Trinajstić information content (AvgIpc) is 2.90. The van der Waals surface area contributed by atoms with Gasteiger partial charge in [0.1, 0.15) is 15.7 Å². The third-order valence-corrected chi connectivity index (χ3v) is 5.13. The molecule has 0 saturated carbocycles. The van der Waals surface area contributed by atoms with Crippen LogP contribution in [0, 0.1) is 17.0 Å². The summed E-state index contributed by atoms with van der Waals surface area (Å²) in [6.45, 7) is 1.86. The number of nitrogens with zero attached hydrogens (tertiary/aromatic N) is 2. The highest BCUT2D eigenvalue weighted by molar-refractivity contribution is 7.89. The van der Waals surface area contributed by atoms with Crippen molar-refractivity contribution in [1.82, 2.24) is 9.71 Å². The van der Waals surface area contributed by atoms with Crippen LogP contribution >= 0.6 is 11.3 Å². The zero-order valence-corrected chi connectivity index (χ0v) is 13.4. The Morgan fingerprint density at radius 2 is 2.18 bits per heavy atom. The number of benzene rings is 1. The van der Waals surface area contributed by atoms with Gasteiger partial charge >= 0.3 is 0 Å². The third-order valence-electron chi connectivity index (χ3n) is 2.73. The number of sulfonamides is 1. The Kier molecular flexibility index (Phi) is 4.74. The molecule has 1 aromatic heterocycles. The zero-order valence-electron chi connectivity index (χ0n) is 11.8. The van der Waals surface area contributed by atoms with Gasteiger partial charge in [-0.25, -0.2) is 18.1 Å². The van der Waals surface area contributed by atoms with Crippen LogP contribution in [0.1, 0.15) is 10.7 Å². The lowest BCUT2D eigenvalue weighted by molar-refractivity contribution is -0.385. The highest BCUT2D eigenvalue weighted by Gasteiger charge is 2.22. The summed E-state index contributed by atoms with van der Waals surface area (Å²) in [5.74, 6) is -0.0861. The Bertz CT molecular complexity index is 801. The van der Waals surface area contributed by atoms with Crippen molar-refractivity contribution < 1.29 is 18.1 Å². The van der Waals surface area contributed by atoms with Gasteiger partial charge in [0.15, 0.2) is 0 Å². The van der Waals surface area contributed by atoms with Crippen LogP contribution in [0.15, 0.2) is 28.5 Å². The minimum absolute atomic E-state index is 0.0426. The van der Waals surface area contributed by atoms with E-state index in [1.807, 2.05) is 12.3 Å². The quantitative estimate of drug-likeness (QED) is 0.633. The van der Waals surface area contributed by atoms with E-state index in [2.05, 4.69) is 9.71 Å². The Labute approximate surface area is 131 Å². The third kappa shape index (κ3) is 3.59. The van der Waals surface area contributed by atoms with Gasteiger partial charge in [-0.1, -0.05) is 0 Å². The summed E-state index contributed by atoms with van der Waals surface area (Å²) in [5, 5.41) is 13.2. The molecule has 8 nitrogen and oxygen atoms in total. The molecule has 0 radical (unpaired) electrons. The lowest BCUT2D eigenvalue weighted by Gasteiger charge is -2.09. The lowest BCUT2D eigenvalue weighted by Crippen LogP contribution is -2.23. The molecule has 1 N–H and O–H groups in total. The van der Waals surface area contributed by atoms with E-state index in [1.54, 1.807) is 0 Å². The molecule has 0 saturated heterocycles. The summed E-state index contributed by atoms with van der Waals surface area (Å²) in [4.78, 5) is 14.1. The lowest BCUT2D eigenvalue weighted by atomic mass is 10.3. The SMILES string of the molecule is COc1cc([N+](=O)[O-])ccc1S(=O)(=O)NCc1nc(C)cs1. The van der Waals surface area contributed by atoms with Crippen molar-refractivity contribution in [3.05, 3.63) is 44.4 Å². The Morgan fingerprint density at radius 3 is 2.73 bits per heavy atom. The molecule has 0 spiro atoms. The number of nitrogens with one attached hydrogen (secondary N) is 1. The first-order valence-electron chi connectivity index (χ1n) is 6.06. The van der Waals surface area contributed by atoms with Crippen LogP contribution in [-0.2, 0) is 16.6 Å². The van der Waals surface area contributed by atoms with Crippen LogP contribution in [0.25, 0.3) is 0 Å². The van der Waals surface area contributed by atoms with E-state index < -0.39 is 14.9 Å². The summed E-state index contributed by atoms with van der Waals surface area (Å²) < 4.78 is 31.9. The Balaban J connectivity index is 2.26. The summed E-state index contributed by atoms with van der Waals surface area (Å²) in [7, 11) is -2.61. The van der Waals surface area contributed by atoms with Gasteiger partial charge in [0.25, 0.3) is 5.69 Å². The predicted molar refractivity (Wildman–Crippen MR) is 80.5 cm³/mol. The van der Waals surface area contributed by atoms with E-state index >= 15 is 0 Å². The largest absolute Gasteiger partial charge is 0.495 e. The second-order valence-corrected chi connectivity index (χ2v) is 6.98. The van der Waals surface area contributed by atoms with E-state index in [4.69, 9.17) is 4.74 Å². The number of non-ortho nitro benzene ring substituents is 1. The minimum Gasteiger partial charge on any atom is -0.495 e. The molecule has 2 rings (SSSR count). The molecule has 10 heteroatoms. The normalized spacial score (nSPS) is 11.4. The number of hydrogen-bond acceptors (Lipinski definition) is 7. The van der Waals surface area contributed by atoms with Crippen LogP contribution in [0.5, 0.6) is 5.75 Å². The first-order valence-corrected chi connectivity index (χ1v) is 8.43. The van der Waals surface area contributed by atoms with Crippen molar-refractivity contribution in [1.29, 1.82) is 0 Å². The van der Waals surface area contributed by atoms with Gasteiger partial charge in [0.2, 0.25) is 10.0 Å². The molecule has 0 amide bonds. The van der Waals surface area contributed by atoms with E-state index in [0.29, 0.717) is 5.01 Å². The van der Waals surface area contributed by atoms with Gasteiger partial charge in [-0.3, -0.25) is 10.1 Å². The van der Waals surface area contributed by atoms with Gasteiger partial charge < -0.3 is 4.74 Å². The number of thiazole rings is 1. The van der Waals surface area contributed by atoms with E-state index in [1.165, 1.54) is 18.4 Å². The van der Waals surface area contributed by atoms with Crippen molar-refractivity contribution in [3.8, 4) is 5.75 Å². The summed E-state index contributed by atoms with van der Waals surface area (Å²) in [6, 6.07) is 3.33. The fourth-order valence-corrected chi connectivity index (χ4v) is 3.65.